The number of nitrogens with zero attached hydrogens (tertiary/aromatic N) is 3. The Morgan fingerprint density at radius 3 is 2.79 bits per heavy atom. The van der Waals surface area contributed by atoms with Crippen molar-refractivity contribution in [2.45, 2.75) is 17.9 Å². The van der Waals surface area contributed by atoms with E-state index in [0.29, 0.717) is 36.1 Å². The van der Waals surface area contributed by atoms with Crippen molar-refractivity contribution in [3.63, 3.8) is 0 Å². The quantitative estimate of drug-likeness (QED) is 0.629. The maximum Gasteiger partial charge on any atom is 0.276 e. The molecule has 1 aliphatic rings. The Bertz CT molecular complexity index is 1020. The van der Waals surface area contributed by atoms with Gasteiger partial charge in [0.05, 0.1) is 18.0 Å². The Morgan fingerprint density at radius 1 is 1.21 bits per heavy atom. The fourth-order valence-electron chi connectivity index (χ4n) is 2.89. The van der Waals surface area contributed by atoms with Crippen LogP contribution in [0.3, 0.4) is 0 Å². The number of thiazole rings is 1. The monoisotopic (exact) mass is 428 g/mol. The van der Waals surface area contributed by atoms with Gasteiger partial charge in [0, 0.05) is 28.9 Å². The summed E-state index contributed by atoms with van der Waals surface area (Å²) in [4.78, 5) is 36.9. The molecule has 0 saturated heterocycles. The standard InChI is InChI=1S/C20H17FN4O2S2/c21-13-4-6-14(7-5-13)28-12-18(26)25-10-8-15-17(11-25)29-20(23-15)24-19(27)16-3-1-2-9-22-16/h1-7,9H,8,10-12H2,(H,23,24,27). The second-order valence-electron chi connectivity index (χ2n) is 6.37. The second-order valence-corrected chi connectivity index (χ2v) is 8.50. The van der Waals surface area contributed by atoms with Crippen LogP contribution in [0.5, 0.6) is 0 Å². The molecule has 6 nitrogen and oxygen atoms in total. The highest BCUT2D eigenvalue weighted by Gasteiger charge is 2.24. The number of benzene rings is 1. The molecule has 148 valence electrons. The summed E-state index contributed by atoms with van der Waals surface area (Å²) < 4.78 is 13.0. The van der Waals surface area contributed by atoms with Gasteiger partial charge in [-0.3, -0.25) is 19.9 Å². The van der Waals surface area contributed by atoms with E-state index in [2.05, 4.69) is 15.3 Å². The minimum Gasteiger partial charge on any atom is -0.336 e. The Labute approximate surface area is 175 Å². The van der Waals surface area contributed by atoms with Crippen LogP contribution in [0.15, 0.2) is 53.6 Å². The highest BCUT2D eigenvalue weighted by molar-refractivity contribution is 8.00. The number of anilines is 1. The topological polar surface area (TPSA) is 75.2 Å². The first-order chi connectivity index (χ1) is 14.1. The smallest absolute Gasteiger partial charge is 0.276 e. The number of aromatic nitrogens is 2. The van der Waals surface area contributed by atoms with Gasteiger partial charge in [0.1, 0.15) is 11.5 Å². The van der Waals surface area contributed by atoms with E-state index < -0.39 is 0 Å². The van der Waals surface area contributed by atoms with Crippen molar-refractivity contribution in [2.24, 2.45) is 0 Å². The van der Waals surface area contributed by atoms with Gasteiger partial charge >= 0.3 is 0 Å². The highest BCUT2D eigenvalue weighted by atomic mass is 32.2. The van der Waals surface area contributed by atoms with Crippen molar-refractivity contribution in [3.8, 4) is 0 Å². The number of pyridine rings is 1. The molecule has 1 N–H and O–H groups in total. The number of amides is 2. The van der Waals surface area contributed by atoms with Gasteiger partial charge in [-0.25, -0.2) is 9.37 Å². The van der Waals surface area contributed by atoms with E-state index in [4.69, 9.17) is 0 Å². The average Bonchev–Trinajstić information content (AvgIpc) is 3.15. The fraction of sp³-hybridized carbons (Fsp3) is 0.200. The Hall–Kier alpha value is -2.78. The first-order valence-corrected chi connectivity index (χ1v) is 10.8. The van der Waals surface area contributed by atoms with Crippen LogP contribution in [0.1, 0.15) is 21.1 Å². The molecule has 0 aliphatic carbocycles. The number of nitrogens with one attached hydrogen (secondary N) is 1. The largest absolute Gasteiger partial charge is 0.336 e. The van der Waals surface area contributed by atoms with Crippen LogP contribution < -0.4 is 5.32 Å². The summed E-state index contributed by atoms with van der Waals surface area (Å²) in [5.41, 5.74) is 1.25. The Kier molecular flexibility index (Phi) is 5.86. The third kappa shape index (κ3) is 4.80. The van der Waals surface area contributed by atoms with Gasteiger partial charge in [0.2, 0.25) is 5.91 Å². The molecule has 1 aliphatic heterocycles. The van der Waals surface area contributed by atoms with Crippen LogP contribution in [0, 0.1) is 5.82 Å². The predicted octanol–water partition coefficient (Wildman–Crippen LogP) is 3.61. The maximum atomic E-state index is 13.0. The van der Waals surface area contributed by atoms with Crippen molar-refractivity contribution >= 4 is 40.0 Å². The van der Waals surface area contributed by atoms with E-state index in [-0.39, 0.29) is 17.6 Å². The lowest BCUT2D eigenvalue weighted by Crippen LogP contribution is -2.36. The van der Waals surface area contributed by atoms with Gasteiger partial charge < -0.3 is 4.90 Å². The number of thioether (sulfide) groups is 1. The van der Waals surface area contributed by atoms with Crippen LogP contribution in [0.25, 0.3) is 0 Å². The molecule has 1 aromatic carbocycles. The Balaban J connectivity index is 1.35. The van der Waals surface area contributed by atoms with Gasteiger partial charge in [-0.15, -0.1) is 11.8 Å². The maximum absolute atomic E-state index is 13.0. The van der Waals surface area contributed by atoms with Crippen LogP contribution in [0.4, 0.5) is 9.52 Å². The van der Waals surface area contributed by atoms with Crippen molar-refractivity contribution in [1.29, 1.82) is 0 Å². The lowest BCUT2D eigenvalue weighted by Gasteiger charge is -2.26. The molecule has 0 fully saturated rings. The van der Waals surface area contributed by atoms with Gasteiger partial charge in [-0.05, 0) is 36.4 Å². The zero-order valence-corrected chi connectivity index (χ0v) is 16.9. The summed E-state index contributed by atoms with van der Waals surface area (Å²) in [5.74, 6) is -0.276. The van der Waals surface area contributed by atoms with Gasteiger partial charge in [0.15, 0.2) is 5.13 Å². The molecule has 0 atom stereocenters. The van der Waals surface area contributed by atoms with Crippen molar-refractivity contribution in [2.75, 3.05) is 17.6 Å². The second kappa shape index (κ2) is 8.71. The van der Waals surface area contributed by atoms with Crippen molar-refractivity contribution < 1.29 is 14.0 Å². The summed E-state index contributed by atoms with van der Waals surface area (Å²) in [6.07, 6.45) is 2.22. The van der Waals surface area contributed by atoms with Crippen LogP contribution in [-0.4, -0.2) is 39.0 Å². The van der Waals surface area contributed by atoms with E-state index in [1.807, 2.05) is 0 Å². The van der Waals surface area contributed by atoms with Crippen LogP contribution in [0.2, 0.25) is 0 Å². The summed E-state index contributed by atoms with van der Waals surface area (Å²) in [7, 11) is 0. The Morgan fingerprint density at radius 2 is 2.03 bits per heavy atom. The molecule has 0 saturated carbocycles. The van der Waals surface area contributed by atoms with Crippen molar-refractivity contribution in [1.82, 2.24) is 14.9 Å². The first-order valence-electron chi connectivity index (χ1n) is 8.95. The zero-order chi connectivity index (χ0) is 20.2. The number of fused-ring (bicyclic) bond motifs is 1. The lowest BCUT2D eigenvalue weighted by atomic mass is 10.2. The number of hydrogen-bond donors (Lipinski definition) is 1. The highest BCUT2D eigenvalue weighted by Crippen LogP contribution is 2.29. The molecule has 3 aromatic rings. The summed E-state index contributed by atoms with van der Waals surface area (Å²) >= 11 is 2.77. The number of carbonyl (C=O) groups excluding carboxylic acids is 2. The van der Waals surface area contributed by atoms with Gasteiger partial charge in [0.25, 0.3) is 5.91 Å². The summed E-state index contributed by atoms with van der Waals surface area (Å²) in [6, 6.07) is 11.3. The SMILES string of the molecule is O=C(Nc1nc2c(s1)CN(C(=O)CSc1ccc(F)cc1)CC2)c1ccccn1. The molecule has 2 amide bonds. The van der Waals surface area contributed by atoms with E-state index in [9.17, 15) is 14.0 Å². The summed E-state index contributed by atoms with van der Waals surface area (Å²) in [5, 5.41) is 3.29. The minimum absolute atomic E-state index is 0.0254. The van der Waals surface area contributed by atoms with E-state index >= 15 is 0 Å². The molecule has 29 heavy (non-hydrogen) atoms. The molecule has 0 radical (unpaired) electrons. The summed E-state index contributed by atoms with van der Waals surface area (Å²) in [6.45, 7) is 1.07. The van der Waals surface area contributed by atoms with Crippen LogP contribution >= 0.6 is 23.1 Å². The number of halogens is 1. The normalized spacial score (nSPS) is 13.1. The lowest BCUT2D eigenvalue weighted by molar-refractivity contribution is -0.129. The molecular formula is C20H17FN4O2S2. The average molecular weight is 429 g/mol. The number of rotatable bonds is 5. The first kappa shape index (κ1) is 19.5. The molecule has 3 heterocycles. The molecule has 0 unspecified atom stereocenters. The van der Waals surface area contributed by atoms with E-state index in [1.165, 1.54) is 35.2 Å². The molecular weight excluding hydrogens is 411 g/mol. The third-order valence-electron chi connectivity index (χ3n) is 4.38. The van der Waals surface area contributed by atoms with Gasteiger partial charge in [-0.2, -0.15) is 0 Å². The molecule has 4 rings (SSSR count). The minimum atomic E-state index is -0.305. The van der Waals surface area contributed by atoms with E-state index in [0.717, 1.165) is 15.5 Å². The molecule has 0 bridgehead atoms. The molecule has 0 spiro atoms. The third-order valence-corrected chi connectivity index (χ3v) is 6.37. The zero-order valence-electron chi connectivity index (χ0n) is 15.3. The number of carbonyl (C=O) groups is 2. The molecule has 2 aromatic heterocycles. The fourth-order valence-corrected chi connectivity index (χ4v) is 4.71. The van der Waals surface area contributed by atoms with Gasteiger partial charge in [-0.1, -0.05) is 17.4 Å². The van der Waals surface area contributed by atoms with E-state index in [1.54, 1.807) is 41.4 Å². The predicted molar refractivity (Wildman–Crippen MR) is 111 cm³/mol. The van der Waals surface area contributed by atoms with Crippen LogP contribution in [-0.2, 0) is 17.8 Å². The molecule has 9 heteroatoms. The van der Waals surface area contributed by atoms with Crippen molar-refractivity contribution in [3.05, 3.63) is 70.7 Å². The number of hydrogen-bond acceptors (Lipinski definition) is 6.